The third-order valence-corrected chi connectivity index (χ3v) is 8.74. The Bertz CT molecular complexity index is 1870. The molecule has 0 unspecified atom stereocenters. The van der Waals surface area contributed by atoms with Gasteiger partial charge in [-0.25, -0.2) is 0 Å². The Morgan fingerprint density at radius 2 is 1.68 bits per heavy atom. The molecule has 5 aromatic rings. The highest BCUT2D eigenvalue weighted by molar-refractivity contribution is 6.18. The molecule has 1 amide bonds. The van der Waals surface area contributed by atoms with Gasteiger partial charge >= 0.3 is 0 Å². The zero-order chi connectivity index (χ0) is 30.0. The number of carbonyl (C=O) groups is 1. The number of aromatic nitrogens is 1. The standard InChI is InChI=1S/C34H37N5O5/c1-42-18-15-37-11-13-38(14-12-37)22-31(41)35-27-10-9-24(34-32(27)26-5-2-3-8-29(26)44-34)23-6-4-7-25-28(40)21-30(36-33(23)25)39-16-19-43-20-17-39/h2-10,21H,11-20,22H2,1H3,(H,35,41)(H,36,40). The fourth-order valence-electron chi connectivity index (χ4n) is 6.39. The van der Waals surface area contributed by atoms with Crippen molar-refractivity contribution in [3.63, 3.8) is 0 Å². The minimum Gasteiger partial charge on any atom is -0.455 e. The van der Waals surface area contributed by atoms with E-state index in [1.54, 1.807) is 13.2 Å². The molecule has 44 heavy (non-hydrogen) atoms. The number of morpholine rings is 1. The molecule has 0 spiro atoms. The van der Waals surface area contributed by atoms with Crippen molar-refractivity contribution >= 4 is 50.3 Å². The Labute approximate surface area is 255 Å². The van der Waals surface area contributed by atoms with Crippen LogP contribution in [0.2, 0.25) is 0 Å². The van der Waals surface area contributed by atoms with E-state index >= 15 is 0 Å². The van der Waals surface area contributed by atoms with Gasteiger partial charge in [0.15, 0.2) is 5.43 Å². The first-order chi connectivity index (χ1) is 21.6. The molecule has 7 rings (SSSR count). The molecule has 2 saturated heterocycles. The van der Waals surface area contributed by atoms with Gasteiger partial charge in [0.2, 0.25) is 5.91 Å². The van der Waals surface area contributed by atoms with Gasteiger partial charge in [-0.05, 0) is 24.3 Å². The number of hydrogen-bond donors (Lipinski definition) is 2. The molecule has 228 valence electrons. The fraction of sp³-hybridized carbons (Fsp3) is 0.353. The average Bonchev–Trinajstić information content (AvgIpc) is 3.45. The lowest BCUT2D eigenvalue weighted by atomic mass is 9.98. The summed E-state index contributed by atoms with van der Waals surface area (Å²) in [7, 11) is 1.72. The number of anilines is 2. The molecule has 0 atom stereocenters. The summed E-state index contributed by atoms with van der Waals surface area (Å²) in [6, 6.07) is 19.2. The van der Waals surface area contributed by atoms with E-state index in [9.17, 15) is 9.59 Å². The van der Waals surface area contributed by atoms with Crippen LogP contribution in [0.3, 0.4) is 0 Å². The van der Waals surface area contributed by atoms with Gasteiger partial charge in [-0.3, -0.25) is 19.4 Å². The molecular formula is C34H37N5O5. The molecule has 2 aromatic heterocycles. The normalized spacial score (nSPS) is 16.7. The molecule has 2 aliphatic heterocycles. The number of ether oxygens (including phenoxy) is 2. The number of methoxy groups -OCH3 is 1. The van der Waals surface area contributed by atoms with Crippen LogP contribution in [0.15, 0.2) is 69.9 Å². The molecule has 2 fully saturated rings. The quantitative estimate of drug-likeness (QED) is 0.276. The molecular weight excluding hydrogens is 558 g/mol. The van der Waals surface area contributed by atoms with E-state index < -0.39 is 0 Å². The van der Waals surface area contributed by atoms with Crippen LogP contribution in [0.1, 0.15) is 0 Å². The van der Waals surface area contributed by atoms with E-state index in [0.717, 1.165) is 91.2 Å². The molecule has 4 heterocycles. The van der Waals surface area contributed by atoms with Crippen molar-refractivity contribution in [1.82, 2.24) is 14.8 Å². The number of fused-ring (bicyclic) bond motifs is 4. The van der Waals surface area contributed by atoms with Crippen LogP contribution in [0.4, 0.5) is 11.5 Å². The number of amides is 1. The smallest absolute Gasteiger partial charge is 0.238 e. The van der Waals surface area contributed by atoms with Gasteiger partial charge in [-0.2, -0.15) is 0 Å². The number of furan rings is 1. The van der Waals surface area contributed by atoms with E-state index in [1.165, 1.54) is 0 Å². The van der Waals surface area contributed by atoms with Crippen LogP contribution >= 0.6 is 0 Å². The highest BCUT2D eigenvalue weighted by Gasteiger charge is 2.22. The number of piperazine rings is 1. The van der Waals surface area contributed by atoms with Crippen LogP contribution in [0.5, 0.6) is 0 Å². The summed E-state index contributed by atoms with van der Waals surface area (Å²) in [6.45, 7) is 8.15. The molecule has 10 heteroatoms. The number of benzene rings is 3. The Morgan fingerprint density at radius 3 is 2.50 bits per heavy atom. The second kappa shape index (κ2) is 12.4. The van der Waals surface area contributed by atoms with Crippen LogP contribution < -0.4 is 15.6 Å². The van der Waals surface area contributed by atoms with Crippen molar-refractivity contribution in [3.05, 3.63) is 70.9 Å². The van der Waals surface area contributed by atoms with Crippen LogP contribution in [-0.4, -0.2) is 100.0 Å². The Hall–Kier alpha value is -4.22. The number of rotatable bonds is 8. The van der Waals surface area contributed by atoms with Gasteiger partial charge in [0.1, 0.15) is 17.0 Å². The first-order valence-corrected chi connectivity index (χ1v) is 15.3. The number of H-pyrrole nitrogens is 1. The van der Waals surface area contributed by atoms with Gasteiger partial charge in [0.05, 0.1) is 43.0 Å². The fourth-order valence-corrected chi connectivity index (χ4v) is 6.39. The van der Waals surface area contributed by atoms with E-state index in [1.807, 2.05) is 54.6 Å². The third kappa shape index (κ3) is 5.57. The zero-order valence-electron chi connectivity index (χ0n) is 24.9. The molecule has 0 saturated carbocycles. The average molecular weight is 596 g/mol. The second-order valence-electron chi connectivity index (χ2n) is 11.5. The van der Waals surface area contributed by atoms with Crippen LogP contribution in [-0.2, 0) is 14.3 Å². The number of hydrogen-bond acceptors (Lipinski definition) is 8. The highest BCUT2D eigenvalue weighted by atomic mass is 16.5. The number of carbonyl (C=O) groups excluding carboxylic acids is 1. The number of nitrogens with zero attached hydrogens (tertiary/aromatic N) is 3. The third-order valence-electron chi connectivity index (χ3n) is 8.74. The van der Waals surface area contributed by atoms with Crippen molar-refractivity contribution in [1.29, 1.82) is 0 Å². The predicted octanol–water partition coefficient (Wildman–Crippen LogP) is 4.13. The minimum absolute atomic E-state index is 0.0358. The molecule has 2 N–H and O–H groups in total. The lowest BCUT2D eigenvalue weighted by Crippen LogP contribution is -2.49. The van der Waals surface area contributed by atoms with Crippen LogP contribution in [0, 0.1) is 0 Å². The summed E-state index contributed by atoms with van der Waals surface area (Å²) in [5.41, 5.74) is 4.54. The summed E-state index contributed by atoms with van der Waals surface area (Å²) in [4.78, 5) is 36.8. The summed E-state index contributed by atoms with van der Waals surface area (Å²) in [5, 5.41) is 5.57. The van der Waals surface area contributed by atoms with Crippen LogP contribution in [0.25, 0.3) is 44.0 Å². The van der Waals surface area contributed by atoms with E-state index in [0.29, 0.717) is 36.4 Å². The summed E-state index contributed by atoms with van der Waals surface area (Å²) >= 11 is 0. The lowest BCUT2D eigenvalue weighted by molar-refractivity contribution is -0.117. The molecule has 0 radical (unpaired) electrons. The van der Waals surface area contributed by atoms with E-state index in [-0.39, 0.29) is 11.3 Å². The van der Waals surface area contributed by atoms with Crippen molar-refractivity contribution in [2.24, 2.45) is 0 Å². The van der Waals surface area contributed by atoms with E-state index in [4.69, 9.17) is 13.9 Å². The molecule has 10 nitrogen and oxygen atoms in total. The minimum atomic E-state index is -0.0562. The summed E-state index contributed by atoms with van der Waals surface area (Å²) < 4.78 is 17.2. The van der Waals surface area contributed by atoms with Gasteiger partial charge < -0.3 is 29.1 Å². The van der Waals surface area contributed by atoms with Crippen molar-refractivity contribution < 1.29 is 18.7 Å². The maximum atomic E-state index is 13.3. The Balaban J connectivity index is 1.24. The predicted molar refractivity (Wildman–Crippen MR) is 174 cm³/mol. The number of nitrogens with one attached hydrogen (secondary N) is 2. The highest BCUT2D eigenvalue weighted by Crippen LogP contribution is 2.41. The van der Waals surface area contributed by atoms with Crippen molar-refractivity contribution in [2.75, 3.05) is 89.5 Å². The first-order valence-electron chi connectivity index (χ1n) is 15.3. The van der Waals surface area contributed by atoms with Gasteiger partial charge in [-0.15, -0.1) is 0 Å². The van der Waals surface area contributed by atoms with Gasteiger partial charge in [-0.1, -0.05) is 30.3 Å². The summed E-state index contributed by atoms with van der Waals surface area (Å²) in [6.07, 6.45) is 0. The Kier molecular flexibility index (Phi) is 8.05. The van der Waals surface area contributed by atoms with Crippen molar-refractivity contribution in [3.8, 4) is 11.1 Å². The number of pyridine rings is 1. The summed E-state index contributed by atoms with van der Waals surface area (Å²) in [5.74, 6) is 0.724. The SMILES string of the molecule is COCCN1CCN(CC(=O)Nc2ccc(-c3cccc4c(=O)cc(N5CCOCC5)[nH]c34)c3oc4ccccc4c23)CC1. The molecule has 0 aliphatic carbocycles. The second-order valence-corrected chi connectivity index (χ2v) is 11.5. The topological polar surface area (TPSA) is 103 Å². The number of para-hydroxylation sites is 2. The molecule has 2 aliphatic rings. The zero-order valence-corrected chi connectivity index (χ0v) is 24.9. The van der Waals surface area contributed by atoms with E-state index in [2.05, 4.69) is 25.0 Å². The molecule has 0 bridgehead atoms. The maximum absolute atomic E-state index is 13.3. The lowest BCUT2D eigenvalue weighted by Gasteiger charge is -2.34. The van der Waals surface area contributed by atoms with Gasteiger partial charge in [0.25, 0.3) is 0 Å². The first kappa shape index (κ1) is 28.5. The largest absolute Gasteiger partial charge is 0.455 e. The van der Waals surface area contributed by atoms with Crippen molar-refractivity contribution in [2.45, 2.75) is 0 Å². The monoisotopic (exact) mass is 595 g/mol. The molecule has 3 aromatic carbocycles. The maximum Gasteiger partial charge on any atom is 0.238 e. The Morgan fingerprint density at radius 1 is 0.909 bits per heavy atom. The number of aromatic amines is 1. The van der Waals surface area contributed by atoms with Gasteiger partial charge in [0, 0.05) is 80.9 Å².